The van der Waals surface area contributed by atoms with Crippen LogP contribution in [0.3, 0.4) is 0 Å². The zero-order chi connectivity index (χ0) is 14.2. The summed E-state index contributed by atoms with van der Waals surface area (Å²) in [6, 6.07) is 0.0403. The van der Waals surface area contributed by atoms with E-state index in [-0.39, 0.29) is 12.1 Å². The summed E-state index contributed by atoms with van der Waals surface area (Å²) in [5.41, 5.74) is 0. The van der Waals surface area contributed by atoms with Crippen LogP contribution in [0.25, 0.3) is 0 Å². The lowest BCUT2D eigenvalue weighted by Crippen LogP contribution is -2.52. The SMILES string of the molecule is CN(Cc1nccn1C)C1CC2(CCC1O)OCCO2. The fraction of sp³-hybridized carbons (Fsp3) is 0.786. The maximum Gasteiger partial charge on any atom is 0.170 e. The van der Waals surface area contributed by atoms with E-state index in [1.165, 1.54) is 0 Å². The number of aromatic nitrogens is 2. The molecule has 1 saturated carbocycles. The van der Waals surface area contributed by atoms with E-state index in [9.17, 15) is 5.11 Å². The summed E-state index contributed by atoms with van der Waals surface area (Å²) in [6.45, 7) is 2.03. The third-order valence-electron chi connectivity index (χ3n) is 4.48. The summed E-state index contributed by atoms with van der Waals surface area (Å²) in [5, 5.41) is 10.3. The molecule has 2 heterocycles. The molecular weight excluding hydrogens is 258 g/mol. The molecule has 1 spiro atoms. The van der Waals surface area contributed by atoms with Gasteiger partial charge in [-0.2, -0.15) is 0 Å². The van der Waals surface area contributed by atoms with Gasteiger partial charge in [0, 0.05) is 38.3 Å². The Morgan fingerprint density at radius 1 is 1.50 bits per heavy atom. The van der Waals surface area contributed by atoms with Crippen molar-refractivity contribution in [2.75, 3.05) is 20.3 Å². The molecule has 20 heavy (non-hydrogen) atoms. The van der Waals surface area contributed by atoms with Gasteiger partial charge in [0.1, 0.15) is 5.82 Å². The highest BCUT2D eigenvalue weighted by Crippen LogP contribution is 2.37. The fourth-order valence-corrected chi connectivity index (χ4v) is 3.21. The molecule has 1 saturated heterocycles. The number of aliphatic hydroxyl groups excluding tert-OH is 1. The number of nitrogens with zero attached hydrogens (tertiary/aromatic N) is 3. The van der Waals surface area contributed by atoms with Gasteiger partial charge in [-0.05, 0) is 13.5 Å². The van der Waals surface area contributed by atoms with Gasteiger partial charge >= 0.3 is 0 Å². The highest BCUT2D eigenvalue weighted by Gasteiger charge is 2.45. The molecule has 0 bridgehead atoms. The van der Waals surface area contributed by atoms with E-state index in [0.717, 1.165) is 25.1 Å². The van der Waals surface area contributed by atoms with Crippen molar-refractivity contribution in [3.63, 3.8) is 0 Å². The number of rotatable bonds is 3. The van der Waals surface area contributed by atoms with E-state index in [4.69, 9.17) is 9.47 Å². The third kappa shape index (κ3) is 2.61. The van der Waals surface area contributed by atoms with Crippen LogP contribution in [0.5, 0.6) is 0 Å². The van der Waals surface area contributed by atoms with Crippen molar-refractivity contribution >= 4 is 0 Å². The minimum Gasteiger partial charge on any atom is -0.391 e. The van der Waals surface area contributed by atoms with Crippen molar-refractivity contribution < 1.29 is 14.6 Å². The van der Waals surface area contributed by atoms with Crippen LogP contribution in [0.15, 0.2) is 12.4 Å². The first-order chi connectivity index (χ1) is 9.60. The Hall–Kier alpha value is -0.950. The number of aryl methyl sites for hydroxylation is 1. The molecule has 1 aromatic rings. The summed E-state index contributed by atoms with van der Waals surface area (Å²) < 4.78 is 13.6. The monoisotopic (exact) mass is 281 g/mol. The maximum absolute atomic E-state index is 10.3. The Bertz CT molecular complexity index is 456. The Balaban J connectivity index is 1.69. The van der Waals surface area contributed by atoms with Crippen LogP contribution in [0.2, 0.25) is 0 Å². The average Bonchev–Trinajstić information content (AvgIpc) is 3.04. The lowest BCUT2D eigenvalue weighted by molar-refractivity contribution is -0.204. The second-order valence-corrected chi connectivity index (χ2v) is 5.85. The third-order valence-corrected chi connectivity index (χ3v) is 4.48. The molecule has 2 fully saturated rings. The number of ether oxygens (including phenoxy) is 2. The molecule has 6 nitrogen and oxygen atoms in total. The number of hydrogen-bond acceptors (Lipinski definition) is 5. The van der Waals surface area contributed by atoms with Gasteiger partial charge in [0.25, 0.3) is 0 Å². The zero-order valence-electron chi connectivity index (χ0n) is 12.2. The summed E-state index contributed by atoms with van der Waals surface area (Å²) >= 11 is 0. The summed E-state index contributed by atoms with van der Waals surface area (Å²) in [4.78, 5) is 6.49. The lowest BCUT2D eigenvalue weighted by Gasteiger charge is -2.42. The van der Waals surface area contributed by atoms with Gasteiger partial charge in [-0.1, -0.05) is 0 Å². The topological polar surface area (TPSA) is 59.8 Å². The van der Waals surface area contributed by atoms with Crippen LogP contribution in [0, 0.1) is 0 Å². The van der Waals surface area contributed by atoms with Crippen molar-refractivity contribution in [3.05, 3.63) is 18.2 Å². The van der Waals surface area contributed by atoms with Gasteiger partial charge < -0.3 is 19.1 Å². The molecule has 0 aromatic carbocycles. The van der Waals surface area contributed by atoms with Crippen LogP contribution in [0.1, 0.15) is 25.1 Å². The van der Waals surface area contributed by atoms with E-state index < -0.39 is 5.79 Å². The first-order valence-corrected chi connectivity index (χ1v) is 7.22. The first-order valence-electron chi connectivity index (χ1n) is 7.22. The molecule has 1 aliphatic carbocycles. The Morgan fingerprint density at radius 3 is 2.90 bits per heavy atom. The highest BCUT2D eigenvalue weighted by atomic mass is 16.7. The molecule has 2 unspecified atom stereocenters. The quantitative estimate of drug-likeness (QED) is 0.875. The molecule has 1 aliphatic heterocycles. The Kier molecular flexibility index (Phi) is 3.81. The minimum absolute atomic E-state index is 0.0403. The second-order valence-electron chi connectivity index (χ2n) is 5.85. The van der Waals surface area contributed by atoms with Crippen LogP contribution in [-0.2, 0) is 23.1 Å². The van der Waals surface area contributed by atoms with Gasteiger partial charge in [0.2, 0.25) is 0 Å². The Morgan fingerprint density at radius 2 is 2.25 bits per heavy atom. The highest BCUT2D eigenvalue weighted by molar-refractivity contribution is 4.96. The largest absolute Gasteiger partial charge is 0.391 e. The molecule has 0 amide bonds. The second kappa shape index (κ2) is 5.44. The molecule has 1 N–H and O–H groups in total. The molecular formula is C14H23N3O3. The predicted octanol–water partition coefficient (Wildman–Crippen LogP) is 0.508. The summed E-state index contributed by atoms with van der Waals surface area (Å²) in [7, 11) is 4.01. The molecule has 6 heteroatoms. The van der Waals surface area contributed by atoms with Crippen LogP contribution in [-0.4, -0.2) is 57.8 Å². The molecule has 112 valence electrons. The van der Waals surface area contributed by atoms with Crippen molar-refractivity contribution in [3.8, 4) is 0 Å². The van der Waals surface area contributed by atoms with E-state index in [2.05, 4.69) is 9.88 Å². The fourth-order valence-electron chi connectivity index (χ4n) is 3.21. The van der Waals surface area contributed by atoms with Gasteiger partial charge in [-0.3, -0.25) is 4.90 Å². The average molecular weight is 281 g/mol. The number of likely N-dealkylation sites (N-methyl/N-ethyl adjacent to an activating group) is 1. The normalized spacial score (nSPS) is 29.4. The smallest absolute Gasteiger partial charge is 0.170 e. The first kappa shape index (κ1) is 14.0. The van der Waals surface area contributed by atoms with Gasteiger partial charge in [-0.15, -0.1) is 0 Å². The van der Waals surface area contributed by atoms with E-state index in [1.807, 2.05) is 24.9 Å². The van der Waals surface area contributed by atoms with Crippen LogP contribution < -0.4 is 0 Å². The predicted molar refractivity (Wildman–Crippen MR) is 73.0 cm³/mol. The van der Waals surface area contributed by atoms with E-state index in [0.29, 0.717) is 19.8 Å². The van der Waals surface area contributed by atoms with Gasteiger partial charge in [0.05, 0.1) is 25.9 Å². The van der Waals surface area contributed by atoms with Gasteiger partial charge in [0.15, 0.2) is 5.79 Å². The van der Waals surface area contributed by atoms with Crippen LogP contribution >= 0.6 is 0 Å². The van der Waals surface area contributed by atoms with Crippen molar-refractivity contribution in [1.29, 1.82) is 0 Å². The summed E-state index contributed by atoms with van der Waals surface area (Å²) in [6.07, 6.45) is 5.61. The Labute approximate surface area is 119 Å². The number of aliphatic hydroxyl groups is 1. The number of hydrogen-bond donors (Lipinski definition) is 1. The standard InChI is InChI=1S/C14H23N3O3/c1-16-6-5-15-13(16)10-17(2)11-9-14(4-3-12(11)18)19-7-8-20-14/h5-6,11-12,18H,3-4,7-10H2,1-2H3. The van der Waals surface area contributed by atoms with Gasteiger partial charge in [-0.25, -0.2) is 4.98 Å². The van der Waals surface area contributed by atoms with E-state index in [1.54, 1.807) is 6.20 Å². The van der Waals surface area contributed by atoms with Crippen LogP contribution in [0.4, 0.5) is 0 Å². The molecule has 2 aliphatic rings. The minimum atomic E-state index is -0.472. The zero-order valence-corrected chi connectivity index (χ0v) is 12.2. The molecule has 2 atom stereocenters. The van der Waals surface area contributed by atoms with Crippen molar-refractivity contribution in [2.45, 2.75) is 43.7 Å². The van der Waals surface area contributed by atoms with Crippen molar-refractivity contribution in [2.24, 2.45) is 7.05 Å². The summed E-state index contributed by atoms with van der Waals surface area (Å²) in [5.74, 6) is 0.521. The lowest BCUT2D eigenvalue weighted by atomic mass is 9.86. The van der Waals surface area contributed by atoms with Crippen molar-refractivity contribution in [1.82, 2.24) is 14.5 Å². The maximum atomic E-state index is 10.3. The van der Waals surface area contributed by atoms with E-state index >= 15 is 0 Å². The number of imidazole rings is 1. The molecule has 0 radical (unpaired) electrons. The molecule has 1 aromatic heterocycles. The molecule has 3 rings (SSSR count).